The minimum absolute atomic E-state index is 0.0123. The fourth-order valence-electron chi connectivity index (χ4n) is 2.67. The second kappa shape index (κ2) is 9.61. The van der Waals surface area contributed by atoms with Gasteiger partial charge in [-0.05, 0) is 30.3 Å². The van der Waals surface area contributed by atoms with E-state index in [0.29, 0.717) is 10.2 Å². The number of aromatic nitrogens is 1. The van der Waals surface area contributed by atoms with Crippen molar-refractivity contribution in [3.63, 3.8) is 0 Å². The maximum atomic E-state index is 12.6. The summed E-state index contributed by atoms with van der Waals surface area (Å²) in [5.41, 5.74) is 10.7. The number of carbonyl (C=O) groups is 3. The summed E-state index contributed by atoms with van der Waals surface area (Å²) in [6, 6.07) is 8.66. The molecule has 10 nitrogen and oxygen atoms in total. The van der Waals surface area contributed by atoms with Crippen molar-refractivity contribution in [3.8, 4) is 0 Å². The number of hydrogen-bond donors (Lipinski definition) is 3. The zero-order valence-electron chi connectivity index (χ0n) is 16.3. The lowest BCUT2D eigenvalue weighted by Gasteiger charge is -2.06. The van der Waals surface area contributed by atoms with Gasteiger partial charge in [0.25, 0.3) is 5.91 Å². The second-order valence-corrected chi connectivity index (χ2v) is 9.99. The summed E-state index contributed by atoms with van der Waals surface area (Å²) in [5.74, 6) is -2.39. The lowest BCUT2D eigenvalue weighted by atomic mass is 10.1. The monoisotopic (exact) mass is 496 g/mol. The van der Waals surface area contributed by atoms with E-state index in [-0.39, 0.29) is 45.1 Å². The smallest absolute Gasteiger partial charge is 0.258 e. The Balaban J connectivity index is 1.78. The number of hydrogen-bond acceptors (Lipinski definition) is 8. The average molecular weight is 497 g/mol. The van der Waals surface area contributed by atoms with Gasteiger partial charge >= 0.3 is 0 Å². The molecule has 1 heterocycles. The predicted molar refractivity (Wildman–Crippen MR) is 120 cm³/mol. The summed E-state index contributed by atoms with van der Waals surface area (Å²) in [6.07, 6.45) is 0. The van der Waals surface area contributed by atoms with Gasteiger partial charge in [0.15, 0.2) is 15.0 Å². The van der Waals surface area contributed by atoms with Crippen LogP contribution in [0, 0.1) is 0 Å². The van der Waals surface area contributed by atoms with Crippen LogP contribution in [0.25, 0.3) is 10.2 Å². The van der Waals surface area contributed by atoms with Crippen LogP contribution in [-0.4, -0.2) is 50.1 Å². The Bertz CT molecular complexity index is 1320. The summed E-state index contributed by atoms with van der Waals surface area (Å²) in [7, 11) is -3.67. The highest BCUT2D eigenvalue weighted by Gasteiger charge is 2.19. The van der Waals surface area contributed by atoms with Crippen LogP contribution in [0.4, 0.5) is 5.13 Å². The molecule has 3 rings (SSSR count). The van der Waals surface area contributed by atoms with Gasteiger partial charge in [-0.15, -0.1) is 0 Å². The molecule has 0 atom stereocenters. The summed E-state index contributed by atoms with van der Waals surface area (Å²) in [6.45, 7) is -0.544. The van der Waals surface area contributed by atoms with Gasteiger partial charge in [-0.1, -0.05) is 29.0 Å². The van der Waals surface area contributed by atoms with E-state index < -0.39 is 27.6 Å². The fourth-order valence-corrected chi connectivity index (χ4v) is 5.10. The first-order valence-electron chi connectivity index (χ1n) is 8.97. The van der Waals surface area contributed by atoms with E-state index in [0.717, 1.165) is 11.3 Å². The van der Waals surface area contributed by atoms with Crippen LogP contribution >= 0.6 is 22.9 Å². The number of nitrogens with one attached hydrogen (secondary N) is 1. The highest BCUT2D eigenvalue weighted by Crippen LogP contribution is 2.29. The Morgan fingerprint density at radius 2 is 1.84 bits per heavy atom. The number of carbonyl (C=O) groups excluding carboxylic acids is 3. The van der Waals surface area contributed by atoms with Crippen LogP contribution < -0.4 is 16.8 Å². The third kappa shape index (κ3) is 5.40. The first kappa shape index (κ1) is 23.6. The molecule has 0 saturated heterocycles. The number of nitrogens with zero attached hydrogens (tertiary/aromatic N) is 1. The number of halogens is 1. The van der Waals surface area contributed by atoms with Gasteiger partial charge in [-0.25, -0.2) is 13.4 Å². The third-order valence-corrected chi connectivity index (χ3v) is 7.21. The molecular weight excluding hydrogens is 480 g/mol. The summed E-state index contributed by atoms with van der Waals surface area (Å²) in [5, 5.41) is 2.72. The molecule has 3 aromatic rings. The van der Waals surface area contributed by atoms with Gasteiger partial charge in [-0.3, -0.25) is 19.7 Å². The first-order valence-corrected chi connectivity index (χ1v) is 11.8. The zero-order valence-corrected chi connectivity index (χ0v) is 18.7. The van der Waals surface area contributed by atoms with Crippen molar-refractivity contribution >= 4 is 65.8 Å². The molecule has 1 aromatic heterocycles. The van der Waals surface area contributed by atoms with Gasteiger partial charge in [0.05, 0.1) is 43.6 Å². The topological polar surface area (TPSA) is 172 Å². The first-order chi connectivity index (χ1) is 15.1. The average Bonchev–Trinajstić information content (AvgIpc) is 3.12. The van der Waals surface area contributed by atoms with Crippen LogP contribution in [0.2, 0.25) is 5.02 Å². The van der Waals surface area contributed by atoms with Crippen molar-refractivity contribution < 1.29 is 27.5 Å². The van der Waals surface area contributed by atoms with Crippen molar-refractivity contribution in [2.24, 2.45) is 11.5 Å². The van der Waals surface area contributed by atoms with E-state index in [1.54, 1.807) is 0 Å². The van der Waals surface area contributed by atoms with Gasteiger partial charge in [0, 0.05) is 0 Å². The van der Waals surface area contributed by atoms with E-state index in [1.807, 2.05) is 0 Å². The molecule has 2 aromatic carbocycles. The molecule has 0 saturated carbocycles. The summed E-state index contributed by atoms with van der Waals surface area (Å²) >= 11 is 7.17. The third-order valence-electron chi connectivity index (χ3n) is 4.19. The van der Waals surface area contributed by atoms with Gasteiger partial charge in [0.1, 0.15) is 6.61 Å². The van der Waals surface area contributed by atoms with Crippen LogP contribution in [-0.2, 0) is 19.4 Å². The van der Waals surface area contributed by atoms with Crippen molar-refractivity contribution in [3.05, 3.63) is 52.5 Å². The Hall–Kier alpha value is -3.06. The summed E-state index contributed by atoms with van der Waals surface area (Å²) < 4.78 is 30.4. The largest absolute Gasteiger partial charge is 0.371 e. The number of nitrogens with two attached hydrogens (primary N) is 2. The van der Waals surface area contributed by atoms with Crippen LogP contribution in [0.5, 0.6) is 0 Å². The van der Waals surface area contributed by atoms with Gasteiger partial charge in [0.2, 0.25) is 11.8 Å². The van der Waals surface area contributed by atoms with E-state index >= 15 is 0 Å². The summed E-state index contributed by atoms with van der Waals surface area (Å²) in [4.78, 5) is 39.0. The molecule has 0 aliphatic rings. The number of benzene rings is 2. The Morgan fingerprint density at radius 1 is 1.12 bits per heavy atom. The number of anilines is 1. The zero-order chi connectivity index (χ0) is 23.5. The molecule has 3 amide bonds. The minimum Gasteiger partial charge on any atom is -0.371 e. The highest BCUT2D eigenvalue weighted by molar-refractivity contribution is 7.91. The number of amides is 3. The molecule has 0 aliphatic carbocycles. The number of sulfone groups is 1. The number of thiazole rings is 1. The molecule has 0 bridgehead atoms. The molecule has 32 heavy (non-hydrogen) atoms. The second-order valence-electron chi connectivity index (χ2n) is 6.47. The Kier molecular flexibility index (Phi) is 7.09. The molecule has 0 spiro atoms. The molecule has 13 heteroatoms. The van der Waals surface area contributed by atoms with Crippen LogP contribution in [0.1, 0.15) is 20.7 Å². The number of rotatable bonds is 9. The van der Waals surface area contributed by atoms with Crippen molar-refractivity contribution in [2.45, 2.75) is 4.90 Å². The van der Waals surface area contributed by atoms with E-state index in [9.17, 15) is 22.8 Å². The highest BCUT2D eigenvalue weighted by atomic mass is 35.5. The lowest BCUT2D eigenvalue weighted by molar-refractivity contribution is -0.122. The molecule has 5 N–H and O–H groups in total. The van der Waals surface area contributed by atoms with Crippen LogP contribution in [0.3, 0.4) is 0 Å². The molecule has 0 radical (unpaired) electrons. The molecule has 0 fully saturated rings. The maximum Gasteiger partial charge on any atom is 0.258 e. The van der Waals surface area contributed by atoms with Crippen LogP contribution in [0.15, 0.2) is 41.3 Å². The quantitative estimate of drug-likeness (QED) is 0.377. The van der Waals surface area contributed by atoms with E-state index in [2.05, 4.69) is 10.3 Å². The molecule has 0 aliphatic heterocycles. The lowest BCUT2D eigenvalue weighted by Crippen LogP contribution is -2.21. The Labute approximate surface area is 191 Å². The molecule has 168 valence electrons. The normalized spacial score (nSPS) is 11.4. The molecule has 0 unspecified atom stereocenters. The standard InChI is InChI=1S/C19H17ClN4O6S2/c20-16-11(17(22)26)2-1-3-12(16)18(27)24-19-23-13-5-4-10(8-14(13)31-19)32(28,29)7-6-30-9-15(21)25/h1-5,8H,6-7,9H2,(H2,21,25)(H2,22,26)(H,23,24,27). The Morgan fingerprint density at radius 3 is 2.53 bits per heavy atom. The van der Waals surface area contributed by atoms with Crippen molar-refractivity contribution in [2.75, 3.05) is 24.3 Å². The van der Waals surface area contributed by atoms with E-state index in [1.165, 1.54) is 36.4 Å². The predicted octanol–water partition coefficient (Wildman–Crippen LogP) is 1.58. The van der Waals surface area contributed by atoms with Gasteiger partial charge in [-0.2, -0.15) is 0 Å². The number of fused-ring (bicyclic) bond motifs is 1. The minimum atomic E-state index is -3.67. The maximum absolute atomic E-state index is 12.6. The SMILES string of the molecule is NC(=O)COCCS(=O)(=O)c1ccc2nc(NC(=O)c3cccc(C(N)=O)c3Cl)sc2c1. The van der Waals surface area contributed by atoms with Crippen molar-refractivity contribution in [1.82, 2.24) is 4.98 Å². The van der Waals surface area contributed by atoms with Crippen molar-refractivity contribution in [1.29, 1.82) is 0 Å². The molecular formula is C19H17ClN4O6S2. The number of ether oxygens (including phenoxy) is 1. The van der Waals surface area contributed by atoms with Gasteiger partial charge < -0.3 is 16.2 Å². The number of primary amides is 2. The van der Waals surface area contributed by atoms with E-state index in [4.69, 9.17) is 27.8 Å². The fraction of sp³-hybridized carbons (Fsp3) is 0.158.